The monoisotopic (exact) mass is 237 g/mol. The molecule has 1 aromatic carbocycles. The van der Waals surface area contributed by atoms with Crippen LogP contribution in [0.1, 0.15) is 37.8 Å². The van der Waals surface area contributed by atoms with Gasteiger partial charge < -0.3 is 10.1 Å². The average Bonchev–Trinajstić information content (AvgIpc) is 2.26. The van der Waals surface area contributed by atoms with Crippen molar-refractivity contribution in [2.24, 2.45) is 5.92 Å². The predicted molar refractivity (Wildman–Crippen MR) is 66.7 cm³/mol. The molecule has 0 heterocycles. The van der Waals surface area contributed by atoms with Crippen LogP contribution in [0.15, 0.2) is 18.2 Å². The molecule has 0 amide bonds. The minimum atomic E-state index is -0.290. The van der Waals surface area contributed by atoms with Crippen molar-refractivity contribution in [3.8, 4) is 5.75 Å². The molecular formula is C14H20FNO. The number of methoxy groups -OCH3 is 1. The van der Waals surface area contributed by atoms with Gasteiger partial charge in [0.15, 0.2) is 11.6 Å². The molecule has 0 spiro atoms. The van der Waals surface area contributed by atoms with E-state index in [9.17, 15) is 4.39 Å². The van der Waals surface area contributed by atoms with E-state index in [1.54, 1.807) is 12.1 Å². The zero-order valence-corrected chi connectivity index (χ0v) is 10.5. The summed E-state index contributed by atoms with van der Waals surface area (Å²) in [6.07, 6.45) is 4.02. The molecule has 0 aromatic heterocycles. The van der Waals surface area contributed by atoms with Gasteiger partial charge in [0.25, 0.3) is 0 Å². The smallest absolute Gasteiger partial charge is 0.165 e. The van der Waals surface area contributed by atoms with Gasteiger partial charge in [0, 0.05) is 6.04 Å². The first-order chi connectivity index (χ1) is 8.20. The number of hydrogen-bond donors (Lipinski definition) is 1. The van der Waals surface area contributed by atoms with Gasteiger partial charge in [-0.1, -0.05) is 12.5 Å². The van der Waals surface area contributed by atoms with Crippen molar-refractivity contribution in [1.82, 2.24) is 5.32 Å². The fraction of sp³-hybridized carbons (Fsp3) is 0.571. The van der Waals surface area contributed by atoms with E-state index in [0.29, 0.717) is 5.75 Å². The Bertz CT molecular complexity index is 376. The Morgan fingerprint density at radius 1 is 1.47 bits per heavy atom. The number of nitrogens with one attached hydrogen (secondary N) is 1. The lowest BCUT2D eigenvalue weighted by Crippen LogP contribution is -2.29. The first-order valence-electron chi connectivity index (χ1n) is 6.27. The Kier molecular flexibility index (Phi) is 4.00. The Morgan fingerprint density at radius 3 is 2.76 bits per heavy atom. The van der Waals surface area contributed by atoms with Crippen LogP contribution in [0.3, 0.4) is 0 Å². The largest absolute Gasteiger partial charge is 0.494 e. The highest BCUT2D eigenvalue weighted by Crippen LogP contribution is 2.27. The molecular weight excluding hydrogens is 217 g/mol. The molecule has 1 fully saturated rings. The van der Waals surface area contributed by atoms with E-state index in [-0.39, 0.29) is 11.9 Å². The van der Waals surface area contributed by atoms with Crippen molar-refractivity contribution in [3.63, 3.8) is 0 Å². The maximum absolute atomic E-state index is 13.5. The highest BCUT2D eigenvalue weighted by molar-refractivity contribution is 5.30. The van der Waals surface area contributed by atoms with Crippen LogP contribution in [0.5, 0.6) is 5.75 Å². The lowest BCUT2D eigenvalue weighted by molar-refractivity contribution is 0.292. The quantitative estimate of drug-likeness (QED) is 0.848. The summed E-state index contributed by atoms with van der Waals surface area (Å²) in [4.78, 5) is 0. The van der Waals surface area contributed by atoms with Gasteiger partial charge in [-0.25, -0.2) is 4.39 Å². The predicted octanol–water partition coefficient (Wildman–Crippen LogP) is 3.29. The summed E-state index contributed by atoms with van der Waals surface area (Å²) in [5, 5.41) is 3.46. The number of benzene rings is 1. The zero-order valence-electron chi connectivity index (χ0n) is 10.5. The van der Waals surface area contributed by atoms with E-state index in [2.05, 4.69) is 12.2 Å². The number of halogens is 1. The Morgan fingerprint density at radius 2 is 2.24 bits per heavy atom. The second-order valence-electron chi connectivity index (χ2n) is 4.82. The molecule has 1 aliphatic rings. The fourth-order valence-electron chi connectivity index (χ4n) is 2.11. The van der Waals surface area contributed by atoms with Crippen LogP contribution < -0.4 is 10.1 Å². The molecule has 1 aromatic rings. The van der Waals surface area contributed by atoms with Gasteiger partial charge in [-0.2, -0.15) is 0 Å². The second kappa shape index (κ2) is 5.50. The van der Waals surface area contributed by atoms with Crippen LogP contribution in [-0.2, 0) is 0 Å². The van der Waals surface area contributed by atoms with E-state index >= 15 is 0 Å². The van der Waals surface area contributed by atoms with Crippen molar-refractivity contribution in [1.29, 1.82) is 0 Å². The third-order valence-corrected chi connectivity index (χ3v) is 3.61. The van der Waals surface area contributed by atoms with Gasteiger partial charge in [0.05, 0.1) is 7.11 Å². The molecule has 2 nitrogen and oxygen atoms in total. The van der Waals surface area contributed by atoms with E-state index in [4.69, 9.17) is 4.74 Å². The van der Waals surface area contributed by atoms with Gasteiger partial charge >= 0.3 is 0 Å². The van der Waals surface area contributed by atoms with Crippen LogP contribution in [0.25, 0.3) is 0 Å². The van der Waals surface area contributed by atoms with Gasteiger partial charge in [0.2, 0.25) is 0 Å². The lowest BCUT2D eigenvalue weighted by atomic mass is 9.85. The number of rotatable bonds is 5. The van der Waals surface area contributed by atoms with E-state index in [1.165, 1.54) is 26.4 Å². The van der Waals surface area contributed by atoms with Crippen LogP contribution in [0, 0.1) is 11.7 Å². The summed E-state index contributed by atoms with van der Waals surface area (Å²) >= 11 is 0. The molecule has 94 valence electrons. The standard InChI is InChI=1S/C14H20FNO/c1-10(16-9-11-4-3-5-11)12-6-7-14(17-2)13(15)8-12/h6-8,10-11,16H,3-5,9H2,1-2H3. The summed E-state index contributed by atoms with van der Waals surface area (Å²) in [5.74, 6) is 0.836. The van der Waals surface area contributed by atoms with Gasteiger partial charge in [-0.15, -0.1) is 0 Å². The van der Waals surface area contributed by atoms with Crippen molar-refractivity contribution in [3.05, 3.63) is 29.6 Å². The van der Waals surface area contributed by atoms with Crippen molar-refractivity contribution in [2.45, 2.75) is 32.2 Å². The van der Waals surface area contributed by atoms with Crippen molar-refractivity contribution >= 4 is 0 Å². The third kappa shape index (κ3) is 2.97. The Balaban J connectivity index is 1.93. The van der Waals surface area contributed by atoms with Crippen LogP contribution >= 0.6 is 0 Å². The molecule has 2 rings (SSSR count). The molecule has 1 atom stereocenters. The van der Waals surface area contributed by atoms with Crippen LogP contribution in [-0.4, -0.2) is 13.7 Å². The average molecular weight is 237 g/mol. The summed E-state index contributed by atoms with van der Waals surface area (Å²) in [6.45, 7) is 3.11. The molecule has 0 saturated heterocycles. The molecule has 0 bridgehead atoms. The molecule has 0 radical (unpaired) electrons. The fourth-order valence-corrected chi connectivity index (χ4v) is 2.11. The highest BCUT2D eigenvalue weighted by atomic mass is 19.1. The van der Waals surface area contributed by atoms with E-state index in [1.807, 2.05) is 6.07 Å². The van der Waals surface area contributed by atoms with Gasteiger partial charge in [-0.05, 0) is 49.9 Å². The third-order valence-electron chi connectivity index (χ3n) is 3.61. The van der Waals surface area contributed by atoms with E-state index < -0.39 is 0 Å². The van der Waals surface area contributed by atoms with Gasteiger partial charge in [0.1, 0.15) is 0 Å². The molecule has 1 aliphatic carbocycles. The zero-order chi connectivity index (χ0) is 12.3. The highest BCUT2D eigenvalue weighted by Gasteiger charge is 2.18. The minimum Gasteiger partial charge on any atom is -0.494 e. The van der Waals surface area contributed by atoms with E-state index in [0.717, 1.165) is 18.0 Å². The minimum absolute atomic E-state index is 0.191. The number of ether oxygens (including phenoxy) is 1. The molecule has 17 heavy (non-hydrogen) atoms. The second-order valence-corrected chi connectivity index (χ2v) is 4.82. The molecule has 1 unspecified atom stereocenters. The molecule has 1 N–H and O–H groups in total. The molecule has 3 heteroatoms. The first kappa shape index (κ1) is 12.4. The lowest BCUT2D eigenvalue weighted by Gasteiger charge is -2.27. The van der Waals surface area contributed by atoms with Crippen molar-refractivity contribution < 1.29 is 9.13 Å². The molecule has 0 aliphatic heterocycles. The summed E-state index contributed by atoms with van der Waals surface area (Å²) in [7, 11) is 1.48. The number of hydrogen-bond acceptors (Lipinski definition) is 2. The Hall–Kier alpha value is -1.09. The van der Waals surface area contributed by atoms with Crippen LogP contribution in [0.4, 0.5) is 4.39 Å². The summed E-state index contributed by atoms with van der Waals surface area (Å²) in [5.41, 5.74) is 0.975. The maximum Gasteiger partial charge on any atom is 0.165 e. The van der Waals surface area contributed by atoms with Crippen LogP contribution in [0.2, 0.25) is 0 Å². The van der Waals surface area contributed by atoms with Crippen molar-refractivity contribution in [2.75, 3.05) is 13.7 Å². The normalized spacial score (nSPS) is 17.6. The van der Waals surface area contributed by atoms with Gasteiger partial charge in [-0.3, -0.25) is 0 Å². The maximum atomic E-state index is 13.5. The first-order valence-corrected chi connectivity index (χ1v) is 6.27. The summed E-state index contributed by atoms with van der Waals surface area (Å²) in [6, 6.07) is 5.35. The topological polar surface area (TPSA) is 21.3 Å². The Labute approximate surface area is 102 Å². The summed E-state index contributed by atoms with van der Waals surface area (Å²) < 4.78 is 18.4. The molecule has 1 saturated carbocycles. The SMILES string of the molecule is COc1ccc(C(C)NCC2CCC2)cc1F.